The largest absolute Gasteiger partial charge is 0.496 e. The van der Waals surface area contributed by atoms with E-state index in [9.17, 15) is 4.79 Å². The summed E-state index contributed by atoms with van der Waals surface area (Å²) in [4.78, 5) is 12.2. The van der Waals surface area contributed by atoms with Gasteiger partial charge in [-0.3, -0.25) is 0 Å². The summed E-state index contributed by atoms with van der Waals surface area (Å²) in [6.45, 7) is 4.11. The highest BCUT2D eigenvalue weighted by molar-refractivity contribution is 5.74. The number of carbonyl (C=O) groups excluding carboxylic acids is 1. The van der Waals surface area contributed by atoms with Gasteiger partial charge in [-0.2, -0.15) is 0 Å². The maximum atomic E-state index is 12.2. The fraction of sp³-hybridized carbons (Fsp3) is 0.611. The number of benzene rings is 1. The Morgan fingerprint density at radius 2 is 2.05 bits per heavy atom. The molecule has 1 unspecified atom stereocenters. The van der Waals surface area contributed by atoms with E-state index in [1.165, 1.54) is 19.3 Å². The first-order valence-corrected chi connectivity index (χ1v) is 8.35. The molecule has 1 aliphatic rings. The topological polar surface area (TPSA) is 50.4 Å². The summed E-state index contributed by atoms with van der Waals surface area (Å²) in [7, 11) is 1.68. The van der Waals surface area contributed by atoms with Gasteiger partial charge in [-0.15, -0.1) is 0 Å². The lowest BCUT2D eigenvalue weighted by Gasteiger charge is -2.25. The van der Waals surface area contributed by atoms with Crippen molar-refractivity contribution in [2.45, 2.75) is 64.5 Å². The molecule has 2 rings (SSSR count). The van der Waals surface area contributed by atoms with Gasteiger partial charge in [0.2, 0.25) is 0 Å². The molecule has 122 valence electrons. The zero-order valence-electron chi connectivity index (χ0n) is 13.9. The molecule has 22 heavy (non-hydrogen) atoms. The van der Waals surface area contributed by atoms with Crippen molar-refractivity contribution in [3.63, 3.8) is 0 Å². The number of nitrogens with one attached hydrogen (secondary N) is 2. The molecule has 1 aliphatic carbocycles. The van der Waals surface area contributed by atoms with Gasteiger partial charge < -0.3 is 15.4 Å². The number of urea groups is 1. The van der Waals surface area contributed by atoms with Crippen LogP contribution in [0.15, 0.2) is 18.2 Å². The van der Waals surface area contributed by atoms with Crippen molar-refractivity contribution in [2.75, 3.05) is 7.11 Å². The average molecular weight is 304 g/mol. The van der Waals surface area contributed by atoms with E-state index in [0.29, 0.717) is 6.04 Å². The molecule has 4 nitrogen and oxygen atoms in total. The maximum Gasteiger partial charge on any atom is 0.315 e. The van der Waals surface area contributed by atoms with Gasteiger partial charge in [0.1, 0.15) is 5.75 Å². The van der Waals surface area contributed by atoms with Gasteiger partial charge in [0.15, 0.2) is 0 Å². The summed E-state index contributed by atoms with van der Waals surface area (Å²) in [6.07, 6.45) is 6.81. The average Bonchev–Trinajstić information content (AvgIpc) is 2.53. The van der Waals surface area contributed by atoms with Crippen molar-refractivity contribution >= 4 is 6.03 Å². The Bertz CT molecular complexity index is 496. The molecule has 0 spiro atoms. The molecular weight excluding hydrogens is 276 g/mol. The van der Waals surface area contributed by atoms with Crippen LogP contribution in [-0.2, 0) is 0 Å². The van der Waals surface area contributed by atoms with Gasteiger partial charge in [0.25, 0.3) is 0 Å². The van der Waals surface area contributed by atoms with E-state index in [4.69, 9.17) is 4.74 Å². The molecule has 1 aromatic rings. The number of methoxy groups -OCH3 is 1. The molecule has 1 fully saturated rings. The molecule has 2 amide bonds. The predicted octanol–water partition coefficient (Wildman–Crippen LogP) is 4.09. The summed E-state index contributed by atoms with van der Waals surface area (Å²) in [5.41, 5.74) is 2.22. The monoisotopic (exact) mass is 304 g/mol. The predicted molar refractivity (Wildman–Crippen MR) is 89.3 cm³/mol. The van der Waals surface area contributed by atoms with Crippen LogP contribution in [0.4, 0.5) is 4.79 Å². The Kier molecular flexibility index (Phi) is 6.10. The normalized spacial score (nSPS) is 16.9. The van der Waals surface area contributed by atoms with Crippen LogP contribution in [0.5, 0.6) is 5.75 Å². The zero-order chi connectivity index (χ0) is 15.9. The Morgan fingerprint density at radius 1 is 1.32 bits per heavy atom. The van der Waals surface area contributed by atoms with Crippen molar-refractivity contribution in [2.24, 2.45) is 0 Å². The third-order valence-electron chi connectivity index (χ3n) is 4.48. The second-order valence-electron chi connectivity index (χ2n) is 6.14. The number of ether oxygens (including phenoxy) is 1. The SMILES string of the molecule is CCC(NC(=O)NC1CCCCC1)c1ccc(OC)c(C)c1. The van der Waals surface area contributed by atoms with Crippen LogP contribution in [0.1, 0.15) is 62.6 Å². The van der Waals surface area contributed by atoms with Crippen molar-refractivity contribution in [3.05, 3.63) is 29.3 Å². The maximum absolute atomic E-state index is 12.2. The minimum atomic E-state index is -0.0489. The third kappa shape index (κ3) is 4.39. The number of aryl methyl sites for hydroxylation is 1. The molecule has 1 atom stereocenters. The van der Waals surface area contributed by atoms with Gasteiger partial charge in [-0.1, -0.05) is 38.3 Å². The van der Waals surface area contributed by atoms with Gasteiger partial charge in [-0.25, -0.2) is 4.79 Å². The molecule has 0 aromatic heterocycles. The van der Waals surface area contributed by atoms with Gasteiger partial charge in [0.05, 0.1) is 13.2 Å². The Balaban J connectivity index is 1.95. The van der Waals surface area contributed by atoms with E-state index in [-0.39, 0.29) is 12.1 Å². The van der Waals surface area contributed by atoms with E-state index < -0.39 is 0 Å². The molecule has 1 aromatic carbocycles. The minimum absolute atomic E-state index is 0.0354. The van der Waals surface area contributed by atoms with E-state index >= 15 is 0 Å². The molecular formula is C18H28N2O2. The quantitative estimate of drug-likeness (QED) is 0.861. The van der Waals surface area contributed by atoms with Crippen molar-refractivity contribution < 1.29 is 9.53 Å². The Morgan fingerprint density at radius 3 is 2.64 bits per heavy atom. The first kappa shape index (κ1) is 16.7. The first-order valence-electron chi connectivity index (χ1n) is 8.35. The van der Waals surface area contributed by atoms with Crippen LogP contribution in [0, 0.1) is 6.92 Å². The molecule has 2 N–H and O–H groups in total. The molecule has 0 aliphatic heterocycles. The summed E-state index contributed by atoms with van der Waals surface area (Å²) < 4.78 is 5.30. The Hall–Kier alpha value is -1.71. The lowest BCUT2D eigenvalue weighted by molar-refractivity contribution is 0.228. The minimum Gasteiger partial charge on any atom is -0.496 e. The number of carbonyl (C=O) groups is 1. The first-order chi connectivity index (χ1) is 10.6. The number of amides is 2. The van der Waals surface area contributed by atoms with Crippen LogP contribution >= 0.6 is 0 Å². The number of hydrogen-bond acceptors (Lipinski definition) is 2. The lowest BCUT2D eigenvalue weighted by atomic mass is 9.96. The van der Waals surface area contributed by atoms with Crippen molar-refractivity contribution in [1.82, 2.24) is 10.6 Å². The lowest BCUT2D eigenvalue weighted by Crippen LogP contribution is -2.44. The van der Waals surface area contributed by atoms with Crippen molar-refractivity contribution in [3.8, 4) is 5.75 Å². The molecule has 0 bridgehead atoms. The molecule has 0 heterocycles. The van der Waals surface area contributed by atoms with E-state index in [1.54, 1.807) is 7.11 Å². The van der Waals surface area contributed by atoms with Gasteiger partial charge in [0, 0.05) is 6.04 Å². The molecule has 1 saturated carbocycles. The number of hydrogen-bond donors (Lipinski definition) is 2. The molecule has 0 saturated heterocycles. The summed E-state index contributed by atoms with van der Waals surface area (Å²) in [5, 5.41) is 6.22. The van der Waals surface area contributed by atoms with E-state index in [1.807, 2.05) is 19.1 Å². The third-order valence-corrected chi connectivity index (χ3v) is 4.48. The smallest absolute Gasteiger partial charge is 0.315 e. The van der Waals surface area contributed by atoms with Crippen molar-refractivity contribution in [1.29, 1.82) is 0 Å². The Labute approximate surface area is 133 Å². The highest BCUT2D eigenvalue weighted by Gasteiger charge is 2.18. The highest BCUT2D eigenvalue weighted by atomic mass is 16.5. The second kappa shape index (κ2) is 8.06. The zero-order valence-corrected chi connectivity index (χ0v) is 13.9. The van der Waals surface area contributed by atoms with Crippen LogP contribution < -0.4 is 15.4 Å². The fourth-order valence-electron chi connectivity index (χ4n) is 3.17. The van der Waals surface area contributed by atoms with Crippen LogP contribution in [0.25, 0.3) is 0 Å². The van der Waals surface area contributed by atoms with E-state index in [2.05, 4.69) is 23.6 Å². The van der Waals surface area contributed by atoms with Gasteiger partial charge >= 0.3 is 6.03 Å². The van der Waals surface area contributed by atoms with Gasteiger partial charge in [-0.05, 0) is 43.4 Å². The van der Waals surface area contributed by atoms with Crippen LogP contribution in [0.2, 0.25) is 0 Å². The summed E-state index contributed by atoms with van der Waals surface area (Å²) in [5.74, 6) is 0.880. The fourth-order valence-corrected chi connectivity index (χ4v) is 3.17. The number of rotatable bonds is 5. The molecule has 0 radical (unpaired) electrons. The summed E-state index contributed by atoms with van der Waals surface area (Å²) >= 11 is 0. The summed E-state index contributed by atoms with van der Waals surface area (Å²) in [6, 6.07) is 6.41. The van der Waals surface area contributed by atoms with Crippen LogP contribution in [-0.4, -0.2) is 19.2 Å². The second-order valence-corrected chi connectivity index (χ2v) is 6.14. The van der Waals surface area contributed by atoms with Crippen LogP contribution in [0.3, 0.4) is 0 Å². The molecule has 4 heteroatoms. The van der Waals surface area contributed by atoms with E-state index in [0.717, 1.165) is 36.1 Å². The highest BCUT2D eigenvalue weighted by Crippen LogP contribution is 2.24. The standard InChI is InChI=1S/C18H28N2O2/c1-4-16(14-10-11-17(22-3)13(2)12-14)20-18(21)19-15-8-6-5-7-9-15/h10-12,15-16H,4-9H2,1-3H3,(H2,19,20,21).